The van der Waals surface area contributed by atoms with Gasteiger partial charge in [-0.05, 0) is 17.0 Å². The fraction of sp³-hybridized carbons (Fsp3) is 0.143. The third-order valence-corrected chi connectivity index (χ3v) is 2.96. The number of anilines is 1. The van der Waals surface area contributed by atoms with Crippen LogP contribution in [0, 0.1) is 0 Å². The quantitative estimate of drug-likeness (QED) is 0.762. The van der Waals surface area contributed by atoms with E-state index in [9.17, 15) is 0 Å². The van der Waals surface area contributed by atoms with Crippen molar-refractivity contribution in [3.05, 3.63) is 54.6 Å². The molecule has 0 aliphatic carbocycles. The Kier molecular flexibility index (Phi) is 2.68. The summed E-state index contributed by atoms with van der Waals surface area (Å²) in [7, 11) is 1.91. The molecule has 2 heterocycles. The maximum atomic E-state index is 4.14. The first-order valence-electron chi connectivity index (χ1n) is 5.87. The standard InChI is InChI=1S/C14H14N4/c1-18-10-13(9-17-18)16-8-12-4-2-3-11-7-15-6-5-14(11)12/h2-7,9-10,16H,8H2,1H3. The van der Waals surface area contributed by atoms with Crippen LogP contribution in [0.15, 0.2) is 49.1 Å². The molecule has 0 aliphatic heterocycles. The van der Waals surface area contributed by atoms with Gasteiger partial charge in [0.1, 0.15) is 0 Å². The minimum atomic E-state index is 0.785. The summed E-state index contributed by atoms with van der Waals surface area (Å²) in [6.45, 7) is 0.785. The molecule has 4 heteroatoms. The van der Waals surface area contributed by atoms with E-state index < -0.39 is 0 Å². The van der Waals surface area contributed by atoms with Crippen molar-refractivity contribution in [2.75, 3.05) is 5.32 Å². The molecule has 4 nitrogen and oxygen atoms in total. The van der Waals surface area contributed by atoms with Gasteiger partial charge in [0, 0.05) is 37.6 Å². The van der Waals surface area contributed by atoms with Crippen LogP contribution in [0.3, 0.4) is 0 Å². The van der Waals surface area contributed by atoms with Crippen LogP contribution < -0.4 is 5.32 Å². The Hall–Kier alpha value is -2.36. The van der Waals surface area contributed by atoms with Gasteiger partial charge in [-0.3, -0.25) is 9.67 Å². The Labute approximate surface area is 105 Å². The number of hydrogen-bond acceptors (Lipinski definition) is 3. The lowest BCUT2D eigenvalue weighted by molar-refractivity contribution is 0.768. The van der Waals surface area contributed by atoms with Crippen molar-refractivity contribution in [1.82, 2.24) is 14.8 Å². The fourth-order valence-electron chi connectivity index (χ4n) is 2.05. The fourth-order valence-corrected chi connectivity index (χ4v) is 2.05. The largest absolute Gasteiger partial charge is 0.378 e. The van der Waals surface area contributed by atoms with Gasteiger partial charge in [-0.15, -0.1) is 0 Å². The SMILES string of the molecule is Cn1cc(NCc2cccc3cnccc23)cn1. The highest BCUT2D eigenvalue weighted by molar-refractivity contribution is 5.84. The highest BCUT2D eigenvalue weighted by Gasteiger charge is 2.01. The number of aromatic nitrogens is 3. The molecule has 0 aliphatic rings. The first-order valence-corrected chi connectivity index (χ1v) is 5.87. The Balaban J connectivity index is 1.86. The van der Waals surface area contributed by atoms with E-state index in [-0.39, 0.29) is 0 Å². The second kappa shape index (κ2) is 4.49. The minimum absolute atomic E-state index is 0.785. The van der Waals surface area contributed by atoms with Gasteiger partial charge in [-0.25, -0.2) is 0 Å². The lowest BCUT2D eigenvalue weighted by Gasteiger charge is -2.07. The van der Waals surface area contributed by atoms with Gasteiger partial charge < -0.3 is 5.32 Å². The van der Waals surface area contributed by atoms with Crippen LogP contribution in [0.1, 0.15) is 5.56 Å². The van der Waals surface area contributed by atoms with Crippen molar-refractivity contribution in [1.29, 1.82) is 0 Å². The molecule has 3 aromatic rings. The molecule has 0 atom stereocenters. The van der Waals surface area contributed by atoms with E-state index in [2.05, 4.69) is 39.7 Å². The van der Waals surface area contributed by atoms with Crippen molar-refractivity contribution < 1.29 is 0 Å². The van der Waals surface area contributed by atoms with Crippen LogP contribution in [0.4, 0.5) is 5.69 Å². The third kappa shape index (κ3) is 2.05. The maximum absolute atomic E-state index is 4.14. The Bertz CT molecular complexity index is 667. The van der Waals surface area contributed by atoms with Crippen molar-refractivity contribution in [2.24, 2.45) is 7.05 Å². The lowest BCUT2D eigenvalue weighted by Crippen LogP contribution is -1.99. The molecule has 3 rings (SSSR count). The molecule has 2 aromatic heterocycles. The van der Waals surface area contributed by atoms with E-state index >= 15 is 0 Å². The molecular weight excluding hydrogens is 224 g/mol. The smallest absolute Gasteiger partial charge is 0.0729 e. The number of benzene rings is 1. The zero-order chi connectivity index (χ0) is 12.4. The second-order valence-electron chi connectivity index (χ2n) is 4.27. The van der Waals surface area contributed by atoms with Gasteiger partial charge in [0.15, 0.2) is 0 Å². The van der Waals surface area contributed by atoms with Crippen LogP contribution in [0.25, 0.3) is 10.8 Å². The highest BCUT2D eigenvalue weighted by Crippen LogP contribution is 2.18. The molecule has 0 bridgehead atoms. The van der Waals surface area contributed by atoms with Crippen molar-refractivity contribution in [3.63, 3.8) is 0 Å². The predicted octanol–water partition coefficient (Wildman–Crippen LogP) is 2.58. The molecule has 1 aromatic carbocycles. The van der Waals surface area contributed by atoms with Crippen LogP contribution in [0.2, 0.25) is 0 Å². The van der Waals surface area contributed by atoms with Crippen molar-refractivity contribution in [2.45, 2.75) is 6.54 Å². The number of pyridine rings is 1. The highest BCUT2D eigenvalue weighted by atomic mass is 15.3. The number of hydrogen-bond donors (Lipinski definition) is 1. The molecule has 0 unspecified atom stereocenters. The molecule has 90 valence electrons. The molecule has 0 radical (unpaired) electrons. The maximum Gasteiger partial charge on any atom is 0.0729 e. The van der Waals surface area contributed by atoms with Gasteiger partial charge in [-0.1, -0.05) is 18.2 Å². The molecule has 18 heavy (non-hydrogen) atoms. The summed E-state index contributed by atoms with van der Waals surface area (Å²) in [4.78, 5) is 4.14. The van der Waals surface area contributed by atoms with E-state index in [4.69, 9.17) is 0 Å². The first kappa shape index (κ1) is 10.8. The summed E-state index contributed by atoms with van der Waals surface area (Å²) in [6, 6.07) is 8.32. The monoisotopic (exact) mass is 238 g/mol. The van der Waals surface area contributed by atoms with E-state index in [0.717, 1.165) is 12.2 Å². The van der Waals surface area contributed by atoms with E-state index in [0.29, 0.717) is 0 Å². The van der Waals surface area contributed by atoms with E-state index in [1.165, 1.54) is 16.3 Å². The Morgan fingerprint density at radius 2 is 2.17 bits per heavy atom. The molecule has 0 amide bonds. The number of rotatable bonds is 3. The van der Waals surface area contributed by atoms with Crippen LogP contribution in [-0.4, -0.2) is 14.8 Å². The number of nitrogens with one attached hydrogen (secondary N) is 1. The molecular formula is C14H14N4. The van der Waals surface area contributed by atoms with Gasteiger partial charge in [0.05, 0.1) is 11.9 Å². The number of nitrogens with zero attached hydrogens (tertiary/aromatic N) is 3. The first-order chi connectivity index (χ1) is 8.83. The lowest BCUT2D eigenvalue weighted by atomic mass is 10.1. The summed E-state index contributed by atoms with van der Waals surface area (Å²) in [5.74, 6) is 0. The predicted molar refractivity (Wildman–Crippen MR) is 72.3 cm³/mol. The van der Waals surface area contributed by atoms with E-state index in [1.807, 2.05) is 31.8 Å². The molecule has 0 fully saturated rings. The Morgan fingerprint density at radius 3 is 3.00 bits per heavy atom. The summed E-state index contributed by atoms with van der Waals surface area (Å²) in [5.41, 5.74) is 2.29. The van der Waals surface area contributed by atoms with Gasteiger partial charge in [0.2, 0.25) is 0 Å². The molecule has 0 saturated carbocycles. The zero-order valence-electron chi connectivity index (χ0n) is 10.2. The molecule has 0 spiro atoms. The average molecular weight is 238 g/mol. The van der Waals surface area contributed by atoms with Crippen LogP contribution >= 0.6 is 0 Å². The van der Waals surface area contributed by atoms with E-state index in [1.54, 1.807) is 4.68 Å². The van der Waals surface area contributed by atoms with Gasteiger partial charge in [0.25, 0.3) is 0 Å². The second-order valence-corrected chi connectivity index (χ2v) is 4.27. The zero-order valence-corrected chi connectivity index (χ0v) is 10.2. The summed E-state index contributed by atoms with van der Waals surface area (Å²) < 4.78 is 1.79. The van der Waals surface area contributed by atoms with Gasteiger partial charge in [-0.2, -0.15) is 5.10 Å². The van der Waals surface area contributed by atoms with Crippen molar-refractivity contribution in [3.8, 4) is 0 Å². The normalized spacial score (nSPS) is 10.7. The van der Waals surface area contributed by atoms with Gasteiger partial charge >= 0.3 is 0 Å². The summed E-state index contributed by atoms with van der Waals surface area (Å²) in [5, 5.41) is 9.91. The van der Waals surface area contributed by atoms with Crippen LogP contribution in [0.5, 0.6) is 0 Å². The van der Waals surface area contributed by atoms with Crippen LogP contribution in [-0.2, 0) is 13.6 Å². The summed E-state index contributed by atoms with van der Waals surface area (Å²) in [6.07, 6.45) is 7.51. The topological polar surface area (TPSA) is 42.7 Å². The minimum Gasteiger partial charge on any atom is -0.378 e. The molecule has 0 saturated heterocycles. The molecule has 1 N–H and O–H groups in total. The third-order valence-electron chi connectivity index (χ3n) is 2.96. The van der Waals surface area contributed by atoms with Crippen molar-refractivity contribution >= 4 is 16.5 Å². The number of aryl methyl sites for hydroxylation is 1. The number of fused-ring (bicyclic) bond motifs is 1. The average Bonchev–Trinajstić information content (AvgIpc) is 2.82. The Morgan fingerprint density at radius 1 is 1.22 bits per heavy atom. The summed E-state index contributed by atoms with van der Waals surface area (Å²) >= 11 is 0.